The van der Waals surface area contributed by atoms with E-state index in [4.69, 9.17) is 0 Å². The van der Waals surface area contributed by atoms with Crippen molar-refractivity contribution in [1.82, 2.24) is 9.55 Å². The summed E-state index contributed by atoms with van der Waals surface area (Å²) in [5, 5.41) is 0.680. The minimum absolute atomic E-state index is 0.0132. The van der Waals surface area contributed by atoms with Crippen molar-refractivity contribution in [1.29, 1.82) is 0 Å². The fourth-order valence-corrected chi connectivity index (χ4v) is 2.34. The van der Waals surface area contributed by atoms with Gasteiger partial charge >= 0.3 is 0 Å². The third kappa shape index (κ3) is 2.23. The molecule has 0 N–H and O–H groups in total. The van der Waals surface area contributed by atoms with E-state index < -0.39 is 0 Å². The van der Waals surface area contributed by atoms with E-state index in [1.165, 1.54) is 5.56 Å². The molecule has 0 saturated carbocycles. The van der Waals surface area contributed by atoms with E-state index in [1.54, 1.807) is 10.9 Å². The maximum atomic E-state index is 12.5. The first kappa shape index (κ1) is 12.6. The Morgan fingerprint density at radius 1 is 1.05 bits per heavy atom. The Balaban J connectivity index is 2.07. The zero-order valence-corrected chi connectivity index (χ0v) is 11.6. The van der Waals surface area contributed by atoms with Gasteiger partial charge in [-0.25, -0.2) is 4.98 Å². The summed E-state index contributed by atoms with van der Waals surface area (Å²) >= 11 is 0. The zero-order chi connectivity index (χ0) is 14.1. The van der Waals surface area contributed by atoms with Crippen molar-refractivity contribution in [2.75, 3.05) is 0 Å². The molecule has 20 heavy (non-hydrogen) atoms. The van der Waals surface area contributed by atoms with Gasteiger partial charge in [0.2, 0.25) is 0 Å². The van der Waals surface area contributed by atoms with Crippen LogP contribution in [-0.4, -0.2) is 9.55 Å². The summed E-state index contributed by atoms with van der Waals surface area (Å²) in [7, 11) is 0. The van der Waals surface area contributed by atoms with Gasteiger partial charge in [0.1, 0.15) is 0 Å². The number of rotatable bonds is 2. The molecule has 0 aliphatic rings. The van der Waals surface area contributed by atoms with Crippen LogP contribution in [0.3, 0.4) is 0 Å². The van der Waals surface area contributed by atoms with Crippen LogP contribution < -0.4 is 5.56 Å². The molecule has 0 aliphatic carbocycles. The highest BCUT2D eigenvalue weighted by Gasteiger charge is 2.06. The molecule has 3 aromatic rings. The highest BCUT2D eigenvalue weighted by molar-refractivity contribution is 5.80. The lowest BCUT2D eigenvalue weighted by Crippen LogP contribution is -2.21. The SMILES string of the molecule is Cc1ccc(Cn2cnc3c(C)cccc3c2=O)cc1. The van der Waals surface area contributed by atoms with Gasteiger partial charge in [-0.3, -0.25) is 9.36 Å². The highest BCUT2D eigenvalue weighted by atomic mass is 16.1. The van der Waals surface area contributed by atoms with Crippen LogP contribution in [0.25, 0.3) is 10.9 Å². The molecule has 0 amide bonds. The maximum Gasteiger partial charge on any atom is 0.261 e. The smallest absolute Gasteiger partial charge is 0.261 e. The molecule has 0 atom stereocenters. The van der Waals surface area contributed by atoms with Crippen molar-refractivity contribution >= 4 is 10.9 Å². The lowest BCUT2D eigenvalue weighted by Gasteiger charge is -2.08. The average Bonchev–Trinajstić information content (AvgIpc) is 2.45. The van der Waals surface area contributed by atoms with Gasteiger partial charge in [0.25, 0.3) is 5.56 Å². The third-order valence-corrected chi connectivity index (χ3v) is 3.53. The van der Waals surface area contributed by atoms with Crippen molar-refractivity contribution in [2.24, 2.45) is 0 Å². The van der Waals surface area contributed by atoms with Crippen LogP contribution in [0.5, 0.6) is 0 Å². The molecule has 0 unspecified atom stereocenters. The van der Waals surface area contributed by atoms with Gasteiger partial charge in [-0.1, -0.05) is 42.0 Å². The van der Waals surface area contributed by atoms with Gasteiger partial charge in [0.05, 0.1) is 23.8 Å². The predicted molar refractivity (Wildman–Crippen MR) is 81.0 cm³/mol. The second-order valence-corrected chi connectivity index (χ2v) is 5.13. The van der Waals surface area contributed by atoms with Crippen LogP contribution >= 0.6 is 0 Å². The molecule has 0 spiro atoms. The number of aromatic nitrogens is 2. The Bertz CT molecular complexity index is 817. The summed E-state index contributed by atoms with van der Waals surface area (Å²) in [6.45, 7) is 4.57. The Morgan fingerprint density at radius 2 is 1.80 bits per heavy atom. The molecule has 1 aromatic heterocycles. The number of hydrogen-bond donors (Lipinski definition) is 0. The van der Waals surface area contributed by atoms with E-state index in [0.717, 1.165) is 16.6 Å². The molecule has 100 valence electrons. The molecule has 0 aliphatic heterocycles. The van der Waals surface area contributed by atoms with Crippen LogP contribution in [0.2, 0.25) is 0 Å². The Hall–Kier alpha value is -2.42. The number of hydrogen-bond acceptors (Lipinski definition) is 2. The third-order valence-electron chi connectivity index (χ3n) is 3.53. The fourth-order valence-electron chi connectivity index (χ4n) is 2.34. The predicted octanol–water partition coefficient (Wildman–Crippen LogP) is 3.06. The first-order valence-corrected chi connectivity index (χ1v) is 6.65. The van der Waals surface area contributed by atoms with Gasteiger partial charge in [-0.15, -0.1) is 0 Å². The van der Waals surface area contributed by atoms with E-state index >= 15 is 0 Å². The summed E-state index contributed by atoms with van der Waals surface area (Å²) in [5.74, 6) is 0. The molecule has 2 aromatic carbocycles. The molecule has 0 radical (unpaired) electrons. The first-order valence-electron chi connectivity index (χ1n) is 6.65. The topological polar surface area (TPSA) is 34.9 Å². The van der Waals surface area contributed by atoms with E-state index in [-0.39, 0.29) is 5.56 Å². The number of aryl methyl sites for hydroxylation is 2. The molecule has 0 saturated heterocycles. The van der Waals surface area contributed by atoms with Crippen molar-refractivity contribution in [3.63, 3.8) is 0 Å². The Labute approximate surface area is 117 Å². The number of para-hydroxylation sites is 1. The summed E-state index contributed by atoms with van der Waals surface area (Å²) in [5.41, 5.74) is 4.15. The summed E-state index contributed by atoms with van der Waals surface area (Å²) in [4.78, 5) is 16.9. The number of fused-ring (bicyclic) bond motifs is 1. The maximum absolute atomic E-state index is 12.5. The minimum Gasteiger partial charge on any atom is -0.294 e. The van der Waals surface area contributed by atoms with Crippen LogP contribution in [-0.2, 0) is 6.54 Å². The highest BCUT2D eigenvalue weighted by Crippen LogP contribution is 2.12. The minimum atomic E-state index is 0.0132. The largest absolute Gasteiger partial charge is 0.294 e. The van der Waals surface area contributed by atoms with Crippen LogP contribution in [0.1, 0.15) is 16.7 Å². The van der Waals surface area contributed by atoms with E-state index in [2.05, 4.69) is 24.0 Å². The van der Waals surface area contributed by atoms with E-state index in [1.807, 2.05) is 37.3 Å². The molecule has 0 bridgehead atoms. The van der Waals surface area contributed by atoms with Gasteiger partial charge in [-0.05, 0) is 31.0 Å². The molecule has 1 heterocycles. The summed E-state index contributed by atoms with van der Waals surface area (Å²) < 4.78 is 1.66. The van der Waals surface area contributed by atoms with Crippen LogP contribution in [0.15, 0.2) is 53.6 Å². The normalized spacial score (nSPS) is 10.9. The van der Waals surface area contributed by atoms with Gasteiger partial charge in [-0.2, -0.15) is 0 Å². The number of benzene rings is 2. The fraction of sp³-hybridized carbons (Fsp3) is 0.176. The van der Waals surface area contributed by atoms with Crippen molar-refractivity contribution in [3.05, 3.63) is 75.8 Å². The average molecular weight is 264 g/mol. The second-order valence-electron chi connectivity index (χ2n) is 5.13. The second kappa shape index (κ2) is 4.93. The summed E-state index contributed by atoms with van der Waals surface area (Å²) in [6.07, 6.45) is 1.64. The first-order chi connectivity index (χ1) is 9.65. The Morgan fingerprint density at radius 3 is 2.55 bits per heavy atom. The van der Waals surface area contributed by atoms with Crippen molar-refractivity contribution in [3.8, 4) is 0 Å². The van der Waals surface area contributed by atoms with Gasteiger partial charge in [0, 0.05) is 0 Å². The van der Waals surface area contributed by atoms with Crippen LogP contribution in [0, 0.1) is 13.8 Å². The van der Waals surface area contributed by atoms with Gasteiger partial charge in [0.15, 0.2) is 0 Å². The van der Waals surface area contributed by atoms with Crippen LogP contribution in [0.4, 0.5) is 0 Å². The van der Waals surface area contributed by atoms with Crippen molar-refractivity contribution < 1.29 is 0 Å². The summed E-state index contributed by atoms with van der Waals surface area (Å²) in [6, 6.07) is 13.9. The van der Waals surface area contributed by atoms with E-state index in [9.17, 15) is 4.79 Å². The quantitative estimate of drug-likeness (QED) is 0.713. The Kier molecular flexibility index (Phi) is 3.11. The molecular weight excluding hydrogens is 248 g/mol. The molecule has 3 rings (SSSR count). The monoisotopic (exact) mass is 264 g/mol. The van der Waals surface area contributed by atoms with Crippen molar-refractivity contribution in [2.45, 2.75) is 20.4 Å². The zero-order valence-electron chi connectivity index (χ0n) is 11.6. The van der Waals surface area contributed by atoms with Gasteiger partial charge < -0.3 is 0 Å². The standard InChI is InChI=1S/C17H16N2O/c1-12-6-8-14(9-7-12)10-19-11-18-16-13(2)4-3-5-15(16)17(19)20/h3-9,11H,10H2,1-2H3. The molecule has 0 fully saturated rings. The molecular formula is C17H16N2O. The van der Waals surface area contributed by atoms with E-state index in [0.29, 0.717) is 11.9 Å². The molecule has 3 heteroatoms. The molecule has 3 nitrogen and oxygen atoms in total. The number of nitrogens with zero attached hydrogens (tertiary/aromatic N) is 2. The lowest BCUT2D eigenvalue weighted by molar-refractivity contribution is 0.748. The lowest BCUT2D eigenvalue weighted by atomic mass is 10.1.